The van der Waals surface area contributed by atoms with Crippen LogP contribution in [0.2, 0.25) is 0 Å². The number of hydrogen-bond acceptors (Lipinski definition) is 2. The van der Waals surface area contributed by atoms with Gasteiger partial charge in [0.1, 0.15) is 17.7 Å². The summed E-state index contributed by atoms with van der Waals surface area (Å²) in [5.41, 5.74) is 6.90. The van der Waals surface area contributed by atoms with Gasteiger partial charge in [-0.2, -0.15) is 0 Å². The van der Waals surface area contributed by atoms with E-state index < -0.39 is 0 Å². The normalized spacial score (nSPS) is 23.4. The lowest BCUT2D eigenvalue weighted by molar-refractivity contribution is 0.0941. The molecule has 0 fully saturated rings. The average molecular weight is 237 g/mol. The van der Waals surface area contributed by atoms with E-state index in [1.807, 2.05) is 0 Å². The molecule has 1 aromatic carbocycles. The predicted octanol–water partition coefficient (Wildman–Crippen LogP) is 3.41. The van der Waals surface area contributed by atoms with E-state index in [9.17, 15) is 4.39 Å². The molecule has 1 aliphatic rings. The highest BCUT2D eigenvalue weighted by atomic mass is 19.1. The fourth-order valence-corrected chi connectivity index (χ4v) is 2.61. The fraction of sp³-hybridized carbons (Fsp3) is 0.571. The van der Waals surface area contributed by atoms with Crippen molar-refractivity contribution in [2.75, 3.05) is 0 Å². The van der Waals surface area contributed by atoms with Crippen molar-refractivity contribution < 1.29 is 9.13 Å². The lowest BCUT2D eigenvalue weighted by Crippen LogP contribution is -2.35. The van der Waals surface area contributed by atoms with Crippen LogP contribution in [0.15, 0.2) is 18.2 Å². The number of fused-ring (bicyclic) bond motifs is 1. The molecule has 1 heterocycles. The lowest BCUT2D eigenvalue weighted by Gasteiger charge is -2.34. The minimum atomic E-state index is -0.246. The maximum atomic E-state index is 13.1. The van der Waals surface area contributed by atoms with Crippen LogP contribution >= 0.6 is 0 Å². The predicted molar refractivity (Wildman–Crippen MR) is 66.4 cm³/mol. The molecule has 0 amide bonds. The van der Waals surface area contributed by atoms with E-state index >= 15 is 0 Å². The maximum absolute atomic E-state index is 13.1. The zero-order valence-corrected chi connectivity index (χ0v) is 10.4. The van der Waals surface area contributed by atoms with Gasteiger partial charge in [0.25, 0.3) is 0 Å². The Morgan fingerprint density at radius 2 is 2.12 bits per heavy atom. The Bertz CT molecular complexity index is 390. The van der Waals surface area contributed by atoms with Gasteiger partial charge in [-0.3, -0.25) is 0 Å². The number of nitrogens with two attached hydrogens (primary N) is 1. The first-order valence-corrected chi connectivity index (χ1v) is 6.37. The highest BCUT2D eigenvalue weighted by molar-refractivity contribution is 5.38. The van der Waals surface area contributed by atoms with Crippen molar-refractivity contribution in [3.63, 3.8) is 0 Å². The van der Waals surface area contributed by atoms with Crippen LogP contribution in [0.3, 0.4) is 0 Å². The van der Waals surface area contributed by atoms with Gasteiger partial charge in [-0.15, -0.1) is 0 Å². The molecule has 17 heavy (non-hydrogen) atoms. The van der Waals surface area contributed by atoms with Gasteiger partial charge in [0.05, 0.1) is 0 Å². The molecule has 1 aliphatic heterocycles. The molecule has 0 saturated carbocycles. The topological polar surface area (TPSA) is 35.2 Å². The summed E-state index contributed by atoms with van der Waals surface area (Å²) in [5, 5.41) is 0. The van der Waals surface area contributed by atoms with Crippen LogP contribution in [0, 0.1) is 11.7 Å². The molecular formula is C14H20FNO. The van der Waals surface area contributed by atoms with Gasteiger partial charge in [0, 0.05) is 18.0 Å². The molecule has 94 valence electrons. The van der Waals surface area contributed by atoms with Crippen molar-refractivity contribution in [2.45, 2.75) is 45.3 Å². The minimum absolute atomic E-state index is 0.111. The first kappa shape index (κ1) is 12.4. The van der Waals surface area contributed by atoms with Crippen LogP contribution in [-0.4, -0.2) is 6.10 Å². The number of rotatable bonds is 3. The number of ether oxygens (including phenoxy) is 1. The van der Waals surface area contributed by atoms with Gasteiger partial charge in [0.15, 0.2) is 0 Å². The monoisotopic (exact) mass is 237 g/mol. The second kappa shape index (κ2) is 5.05. The van der Waals surface area contributed by atoms with Crippen molar-refractivity contribution in [1.82, 2.24) is 0 Å². The molecule has 0 aromatic heterocycles. The van der Waals surface area contributed by atoms with Crippen LogP contribution in [0.1, 0.15) is 44.7 Å². The third-order valence-corrected chi connectivity index (χ3v) is 3.71. The third-order valence-electron chi connectivity index (χ3n) is 3.71. The standard InChI is InChI=1S/C14H20FNO/c1-3-9(4-2)14-8-12(16)11-7-10(15)5-6-13(11)17-14/h5-7,9,12,14H,3-4,8,16H2,1-2H3/t12-,14?/m1/s1. The molecule has 1 unspecified atom stereocenters. The maximum Gasteiger partial charge on any atom is 0.124 e. The first-order chi connectivity index (χ1) is 8.15. The Balaban J connectivity index is 2.24. The van der Waals surface area contributed by atoms with E-state index in [4.69, 9.17) is 10.5 Å². The van der Waals surface area contributed by atoms with Gasteiger partial charge in [-0.25, -0.2) is 4.39 Å². The van der Waals surface area contributed by atoms with Crippen molar-refractivity contribution in [1.29, 1.82) is 0 Å². The van der Waals surface area contributed by atoms with Crippen molar-refractivity contribution in [3.05, 3.63) is 29.6 Å². The highest BCUT2D eigenvalue weighted by Gasteiger charge is 2.30. The molecule has 0 spiro atoms. The van der Waals surface area contributed by atoms with Crippen molar-refractivity contribution in [3.8, 4) is 5.75 Å². The second-order valence-electron chi connectivity index (χ2n) is 4.76. The Hall–Kier alpha value is -1.09. The zero-order valence-electron chi connectivity index (χ0n) is 10.4. The number of halogens is 1. The van der Waals surface area contributed by atoms with E-state index in [0.717, 1.165) is 30.6 Å². The minimum Gasteiger partial charge on any atom is -0.490 e. The molecule has 2 atom stereocenters. The lowest BCUT2D eigenvalue weighted by atomic mass is 9.87. The van der Waals surface area contributed by atoms with E-state index in [0.29, 0.717) is 5.92 Å². The second-order valence-corrected chi connectivity index (χ2v) is 4.76. The van der Waals surface area contributed by atoms with Crippen molar-refractivity contribution in [2.24, 2.45) is 11.7 Å². The molecule has 0 radical (unpaired) electrons. The van der Waals surface area contributed by atoms with E-state index in [2.05, 4.69) is 13.8 Å². The van der Waals surface area contributed by atoms with Crippen LogP contribution in [0.4, 0.5) is 4.39 Å². The molecule has 0 saturated heterocycles. The summed E-state index contributed by atoms with van der Waals surface area (Å²) < 4.78 is 19.1. The Labute approximate surface area is 102 Å². The van der Waals surface area contributed by atoms with Gasteiger partial charge >= 0.3 is 0 Å². The Morgan fingerprint density at radius 3 is 2.76 bits per heavy atom. The SMILES string of the molecule is CCC(CC)C1C[C@@H](N)c2cc(F)ccc2O1. The van der Waals surface area contributed by atoms with Crippen LogP contribution in [0.5, 0.6) is 5.75 Å². The van der Waals surface area contributed by atoms with Crippen LogP contribution < -0.4 is 10.5 Å². The van der Waals surface area contributed by atoms with Crippen molar-refractivity contribution >= 4 is 0 Å². The summed E-state index contributed by atoms with van der Waals surface area (Å²) in [6.07, 6.45) is 3.12. The van der Waals surface area contributed by atoms with E-state index in [1.54, 1.807) is 6.07 Å². The highest BCUT2D eigenvalue weighted by Crippen LogP contribution is 2.37. The fourth-order valence-electron chi connectivity index (χ4n) is 2.61. The van der Waals surface area contributed by atoms with Gasteiger partial charge in [-0.1, -0.05) is 13.8 Å². The first-order valence-electron chi connectivity index (χ1n) is 6.37. The molecule has 2 nitrogen and oxygen atoms in total. The van der Waals surface area contributed by atoms with Gasteiger partial charge in [-0.05, 0) is 37.0 Å². The smallest absolute Gasteiger partial charge is 0.124 e. The average Bonchev–Trinajstić information content (AvgIpc) is 2.32. The summed E-state index contributed by atoms with van der Waals surface area (Å²) in [4.78, 5) is 0. The van der Waals surface area contributed by atoms with Crippen LogP contribution in [-0.2, 0) is 0 Å². The summed E-state index contributed by atoms with van der Waals surface area (Å²) in [6.45, 7) is 4.34. The van der Waals surface area contributed by atoms with E-state index in [1.165, 1.54) is 12.1 Å². The van der Waals surface area contributed by atoms with E-state index in [-0.39, 0.29) is 18.0 Å². The summed E-state index contributed by atoms with van der Waals surface area (Å²) in [7, 11) is 0. The molecule has 1 aromatic rings. The summed E-state index contributed by atoms with van der Waals surface area (Å²) in [5.74, 6) is 1.03. The third kappa shape index (κ3) is 2.44. The quantitative estimate of drug-likeness (QED) is 0.874. The molecule has 0 bridgehead atoms. The van der Waals surface area contributed by atoms with Gasteiger partial charge < -0.3 is 10.5 Å². The molecule has 2 rings (SSSR count). The zero-order chi connectivity index (χ0) is 12.4. The molecule has 3 heteroatoms. The number of hydrogen-bond donors (Lipinski definition) is 1. The summed E-state index contributed by atoms with van der Waals surface area (Å²) >= 11 is 0. The Morgan fingerprint density at radius 1 is 1.41 bits per heavy atom. The van der Waals surface area contributed by atoms with Gasteiger partial charge in [0.2, 0.25) is 0 Å². The Kier molecular flexibility index (Phi) is 3.67. The largest absolute Gasteiger partial charge is 0.490 e. The number of benzene rings is 1. The van der Waals surface area contributed by atoms with Crippen LogP contribution in [0.25, 0.3) is 0 Å². The molecule has 0 aliphatic carbocycles. The molecule has 2 N–H and O–H groups in total. The molecular weight excluding hydrogens is 217 g/mol. The summed E-state index contributed by atoms with van der Waals surface area (Å²) in [6, 6.07) is 4.50.